The first-order chi connectivity index (χ1) is 10.2. The van der Waals surface area contributed by atoms with E-state index in [0.717, 1.165) is 9.80 Å². The van der Waals surface area contributed by atoms with Gasteiger partial charge in [-0.3, -0.25) is 0 Å². The summed E-state index contributed by atoms with van der Waals surface area (Å²) in [7, 11) is -6.29. The van der Waals surface area contributed by atoms with Crippen LogP contribution in [0.25, 0.3) is 0 Å². The summed E-state index contributed by atoms with van der Waals surface area (Å²) < 4.78 is 46.4. The minimum absolute atomic E-state index is 0.0270. The van der Waals surface area contributed by atoms with E-state index in [0.29, 0.717) is 26.2 Å². The molecule has 0 saturated carbocycles. The summed E-state index contributed by atoms with van der Waals surface area (Å²) in [5.74, 6) is -0.257. The predicted octanol–water partition coefficient (Wildman–Crippen LogP) is -5.91. The van der Waals surface area contributed by atoms with Crippen LogP contribution in [0.1, 0.15) is 0 Å². The van der Waals surface area contributed by atoms with Crippen molar-refractivity contribution in [1.82, 2.24) is 0 Å². The highest BCUT2D eigenvalue weighted by Gasteiger charge is 2.48. The summed E-state index contributed by atoms with van der Waals surface area (Å²) in [4.78, 5) is 2.15. The number of piperazine rings is 1. The molecule has 4 atom stereocenters. The second-order valence-electron chi connectivity index (χ2n) is 6.82. The van der Waals surface area contributed by atoms with E-state index in [-0.39, 0.29) is 35.1 Å². The van der Waals surface area contributed by atoms with Crippen molar-refractivity contribution in [2.24, 2.45) is 0 Å². The van der Waals surface area contributed by atoms with Crippen LogP contribution in [0.15, 0.2) is 0 Å². The molecule has 0 bridgehead atoms. The molecule has 10 heteroatoms. The molecular weight excluding hydrogens is 332 g/mol. The summed E-state index contributed by atoms with van der Waals surface area (Å²) in [5.41, 5.74) is 0. The third kappa shape index (κ3) is 3.31. The van der Waals surface area contributed by atoms with Crippen molar-refractivity contribution in [3.05, 3.63) is 0 Å². The Hall–Kier alpha value is -0.260. The van der Waals surface area contributed by atoms with Crippen molar-refractivity contribution >= 4 is 19.7 Å². The molecule has 8 nitrogen and oxygen atoms in total. The Morgan fingerprint density at radius 3 is 1.18 bits per heavy atom. The van der Waals surface area contributed by atoms with Gasteiger partial charge in [0.1, 0.15) is 62.0 Å². The molecule has 0 spiro atoms. The minimum Gasteiger partial charge on any atom is -0.386 e. The van der Waals surface area contributed by atoms with Crippen LogP contribution in [0.3, 0.4) is 0 Å². The van der Waals surface area contributed by atoms with Gasteiger partial charge in [-0.15, -0.1) is 0 Å². The molecule has 0 radical (unpaired) electrons. The third-order valence-electron chi connectivity index (χ3n) is 5.23. The molecule has 3 rings (SSSR count). The number of aliphatic hydroxyl groups is 2. The first-order valence-corrected chi connectivity index (χ1v) is 11.3. The van der Waals surface area contributed by atoms with Crippen LogP contribution in [-0.4, -0.2) is 101 Å². The zero-order valence-electron chi connectivity index (χ0n) is 12.3. The number of nitrogens with one attached hydrogen (secondary N) is 2. The van der Waals surface area contributed by atoms with E-state index < -0.39 is 31.9 Å². The number of hydrogen-bond donors (Lipinski definition) is 4. The van der Waals surface area contributed by atoms with Crippen LogP contribution >= 0.6 is 0 Å². The minimum atomic E-state index is -3.14. The van der Waals surface area contributed by atoms with Crippen molar-refractivity contribution < 1.29 is 36.8 Å². The molecule has 0 aromatic carbocycles. The first-order valence-electron chi connectivity index (χ1n) is 7.63. The lowest BCUT2D eigenvalue weighted by molar-refractivity contribution is -1.03. The van der Waals surface area contributed by atoms with E-state index in [1.165, 1.54) is 0 Å². The molecule has 3 fully saturated rings. The van der Waals surface area contributed by atoms with Gasteiger partial charge in [0, 0.05) is 0 Å². The van der Waals surface area contributed by atoms with Crippen LogP contribution in [0.5, 0.6) is 0 Å². The second-order valence-corrected chi connectivity index (χ2v) is 11.1. The van der Waals surface area contributed by atoms with Gasteiger partial charge in [-0.25, -0.2) is 16.8 Å². The Morgan fingerprint density at radius 1 is 0.636 bits per heavy atom. The lowest BCUT2D eigenvalue weighted by Gasteiger charge is -2.36. The standard InChI is InChI=1S/C12H22N2O6S2/c15-11-7-21(17,18)5-9(11)13-1-2-14(4-3-13)10-6-22(19,20)8-12(10)16/h9-12,15-16H,1-8H2/p+2/t9-,10+,11-,12-/m0/s1. The quantitative estimate of drug-likeness (QED) is 0.391. The SMILES string of the molecule is O=S1(=O)C[C@@H]([NH+]2CC[NH+]([C@H]3CS(=O)(=O)C[C@@H]3O)CC2)[C@@H](O)C1. The molecule has 4 N–H and O–H groups in total. The third-order valence-corrected chi connectivity index (χ3v) is 8.66. The molecule has 3 saturated heterocycles. The Labute approximate surface area is 130 Å². The fourth-order valence-corrected chi connectivity index (χ4v) is 7.86. The molecule has 128 valence electrons. The Morgan fingerprint density at radius 2 is 0.955 bits per heavy atom. The maximum atomic E-state index is 11.6. The van der Waals surface area contributed by atoms with Gasteiger partial charge in [0.05, 0.1) is 11.5 Å². The van der Waals surface area contributed by atoms with E-state index in [1.807, 2.05) is 0 Å². The second kappa shape index (κ2) is 5.67. The maximum Gasteiger partial charge on any atom is 0.159 e. The molecule has 0 aliphatic carbocycles. The van der Waals surface area contributed by atoms with Crippen LogP contribution in [0, 0.1) is 0 Å². The van der Waals surface area contributed by atoms with E-state index in [2.05, 4.69) is 0 Å². The summed E-state index contributed by atoms with van der Waals surface area (Å²) in [6.45, 7) is 2.76. The van der Waals surface area contributed by atoms with Crippen molar-refractivity contribution in [3.63, 3.8) is 0 Å². The molecule has 0 amide bonds. The van der Waals surface area contributed by atoms with Crippen LogP contribution < -0.4 is 9.80 Å². The van der Waals surface area contributed by atoms with E-state index in [1.54, 1.807) is 0 Å². The van der Waals surface area contributed by atoms with Gasteiger partial charge in [0.25, 0.3) is 0 Å². The summed E-state index contributed by atoms with van der Waals surface area (Å²) >= 11 is 0. The lowest BCUT2D eigenvalue weighted by atomic mass is 10.1. The Balaban J connectivity index is 1.59. The summed E-state index contributed by atoms with van der Waals surface area (Å²) in [5, 5.41) is 19.9. The molecule has 0 aromatic rings. The Bertz CT molecular complexity index is 570. The van der Waals surface area contributed by atoms with Gasteiger partial charge in [0.2, 0.25) is 0 Å². The van der Waals surface area contributed by atoms with Gasteiger partial charge < -0.3 is 20.0 Å². The number of hydrogen-bond acceptors (Lipinski definition) is 6. The molecule has 22 heavy (non-hydrogen) atoms. The van der Waals surface area contributed by atoms with Crippen molar-refractivity contribution in [2.45, 2.75) is 24.3 Å². The largest absolute Gasteiger partial charge is 0.386 e. The van der Waals surface area contributed by atoms with Gasteiger partial charge in [-0.05, 0) is 0 Å². The normalized spacial score (nSPS) is 47.5. The summed E-state index contributed by atoms with van der Waals surface area (Å²) in [6.07, 6.45) is -1.61. The molecule has 0 aromatic heterocycles. The highest BCUT2D eigenvalue weighted by atomic mass is 32.2. The highest BCUT2D eigenvalue weighted by molar-refractivity contribution is 7.92. The van der Waals surface area contributed by atoms with Gasteiger partial charge >= 0.3 is 0 Å². The van der Waals surface area contributed by atoms with E-state index in [9.17, 15) is 27.0 Å². The van der Waals surface area contributed by atoms with Crippen molar-refractivity contribution in [2.75, 3.05) is 49.2 Å². The van der Waals surface area contributed by atoms with Gasteiger partial charge in [-0.2, -0.15) is 0 Å². The smallest absolute Gasteiger partial charge is 0.159 e. The fourth-order valence-electron chi connectivity index (χ4n) is 4.07. The molecular formula is C12H24N2O6S2+2. The van der Waals surface area contributed by atoms with Crippen molar-refractivity contribution in [1.29, 1.82) is 0 Å². The van der Waals surface area contributed by atoms with Crippen LogP contribution in [0.2, 0.25) is 0 Å². The molecule has 3 aliphatic heterocycles. The number of sulfone groups is 2. The average Bonchev–Trinajstić information content (AvgIpc) is 2.84. The Kier molecular flexibility index (Phi) is 4.28. The zero-order chi connectivity index (χ0) is 16.1. The monoisotopic (exact) mass is 356 g/mol. The fraction of sp³-hybridized carbons (Fsp3) is 1.00. The molecule has 3 heterocycles. The number of quaternary nitrogens is 2. The number of aliphatic hydroxyl groups excluding tert-OH is 2. The van der Waals surface area contributed by atoms with Gasteiger partial charge in [0.15, 0.2) is 19.7 Å². The topological polar surface area (TPSA) is 118 Å². The van der Waals surface area contributed by atoms with Gasteiger partial charge in [-0.1, -0.05) is 0 Å². The molecule has 3 aliphatic rings. The highest BCUT2D eigenvalue weighted by Crippen LogP contribution is 2.11. The zero-order valence-corrected chi connectivity index (χ0v) is 13.9. The van der Waals surface area contributed by atoms with E-state index in [4.69, 9.17) is 0 Å². The average molecular weight is 356 g/mol. The summed E-state index contributed by atoms with van der Waals surface area (Å²) in [6, 6.07) is -0.549. The molecule has 0 unspecified atom stereocenters. The van der Waals surface area contributed by atoms with Crippen LogP contribution in [0.4, 0.5) is 0 Å². The maximum absolute atomic E-state index is 11.6. The predicted molar refractivity (Wildman–Crippen MR) is 78.3 cm³/mol. The first kappa shape index (κ1) is 16.6. The van der Waals surface area contributed by atoms with Crippen LogP contribution in [-0.2, 0) is 19.7 Å². The van der Waals surface area contributed by atoms with Crippen molar-refractivity contribution in [3.8, 4) is 0 Å². The van der Waals surface area contributed by atoms with E-state index >= 15 is 0 Å². The lowest BCUT2D eigenvalue weighted by Crippen LogP contribution is -3.32. The number of rotatable bonds is 2.